The molecule has 2 aromatic heterocycles. The van der Waals surface area contributed by atoms with Crippen molar-refractivity contribution >= 4 is 30.7 Å². The van der Waals surface area contributed by atoms with Gasteiger partial charge < -0.3 is 15.6 Å². The molecule has 0 aromatic carbocycles. The number of pyridine rings is 1. The fourth-order valence-corrected chi connectivity index (χ4v) is 2.06. The van der Waals surface area contributed by atoms with E-state index in [0.29, 0.717) is 31.1 Å². The summed E-state index contributed by atoms with van der Waals surface area (Å²) in [5, 5.41) is 6.78. The topological polar surface area (TPSA) is 107 Å². The number of aryl methyl sites for hydroxylation is 1. The van der Waals surface area contributed by atoms with E-state index in [-0.39, 0.29) is 36.3 Å². The Hall–Kier alpha value is -1.70. The molecule has 2 rings (SSSR count). The van der Waals surface area contributed by atoms with E-state index in [1.54, 1.807) is 24.5 Å². The Kier molecular flexibility index (Phi) is 10.3. The number of rotatable bonds is 8. The van der Waals surface area contributed by atoms with Gasteiger partial charge in [-0.05, 0) is 25.0 Å². The Morgan fingerprint density at radius 3 is 2.48 bits per heavy atom. The smallest absolute Gasteiger partial charge is 0.227 e. The van der Waals surface area contributed by atoms with E-state index in [0.717, 1.165) is 18.4 Å². The van der Waals surface area contributed by atoms with Crippen LogP contribution < -0.4 is 11.1 Å². The summed E-state index contributed by atoms with van der Waals surface area (Å²) in [6.07, 6.45) is 5.67. The van der Waals surface area contributed by atoms with E-state index in [4.69, 9.17) is 10.3 Å². The van der Waals surface area contributed by atoms with E-state index in [2.05, 4.69) is 20.4 Å². The first-order chi connectivity index (χ1) is 11.1. The summed E-state index contributed by atoms with van der Waals surface area (Å²) in [4.78, 5) is 20.1. The quantitative estimate of drug-likeness (QED) is 0.717. The number of hydrogen-bond donors (Lipinski definition) is 2. The summed E-state index contributed by atoms with van der Waals surface area (Å²) < 4.78 is 5.17. The van der Waals surface area contributed by atoms with Crippen molar-refractivity contribution in [2.24, 2.45) is 5.73 Å². The van der Waals surface area contributed by atoms with Gasteiger partial charge in [0.2, 0.25) is 17.6 Å². The highest BCUT2D eigenvalue weighted by Gasteiger charge is 2.21. The molecule has 1 amide bonds. The zero-order chi connectivity index (χ0) is 16.7. The standard InChI is InChI=1S/C16H23N5O2.2ClH/c1-3-16(17,4-2)11-19-13(22)5-6-14-20-15(21-23-14)12-7-9-18-10-8-12;;/h7-10H,3-6,11,17H2,1-2H3,(H,19,22);2*1H. The average molecular weight is 390 g/mol. The van der Waals surface area contributed by atoms with Crippen molar-refractivity contribution in [3.8, 4) is 11.4 Å². The molecule has 0 fully saturated rings. The third-order valence-corrected chi connectivity index (χ3v) is 4.02. The molecule has 2 heterocycles. The molecule has 3 N–H and O–H groups in total. The van der Waals surface area contributed by atoms with Gasteiger partial charge in [-0.2, -0.15) is 4.98 Å². The van der Waals surface area contributed by atoms with Gasteiger partial charge in [0.1, 0.15) is 0 Å². The van der Waals surface area contributed by atoms with E-state index < -0.39 is 0 Å². The van der Waals surface area contributed by atoms with Crippen molar-refractivity contribution in [2.75, 3.05) is 6.54 Å². The molecule has 0 saturated heterocycles. The van der Waals surface area contributed by atoms with Gasteiger partial charge in [0.05, 0.1) is 0 Å². The minimum absolute atomic E-state index is 0. The van der Waals surface area contributed by atoms with Crippen LogP contribution in [0.5, 0.6) is 0 Å². The summed E-state index contributed by atoms with van der Waals surface area (Å²) in [6.45, 7) is 4.52. The largest absolute Gasteiger partial charge is 0.354 e. The average Bonchev–Trinajstić information content (AvgIpc) is 3.07. The van der Waals surface area contributed by atoms with Gasteiger partial charge in [-0.3, -0.25) is 9.78 Å². The van der Waals surface area contributed by atoms with Crippen molar-refractivity contribution in [3.63, 3.8) is 0 Å². The van der Waals surface area contributed by atoms with Crippen molar-refractivity contribution < 1.29 is 9.32 Å². The summed E-state index contributed by atoms with van der Waals surface area (Å²) in [5.41, 5.74) is 6.65. The molecule has 0 saturated carbocycles. The van der Waals surface area contributed by atoms with Crippen molar-refractivity contribution in [3.05, 3.63) is 30.4 Å². The van der Waals surface area contributed by atoms with Crippen molar-refractivity contribution in [2.45, 2.75) is 45.1 Å². The minimum atomic E-state index is -0.339. The Bertz CT molecular complexity index is 632. The number of nitrogens with zero attached hydrogens (tertiary/aromatic N) is 3. The predicted octanol–water partition coefficient (Wildman–Crippen LogP) is 2.54. The highest BCUT2D eigenvalue weighted by Crippen LogP contribution is 2.14. The van der Waals surface area contributed by atoms with E-state index in [1.807, 2.05) is 13.8 Å². The summed E-state index contributed by atoms with van der Waals surface area (Å²) in [5.74, 6) is 0.878. The Balaban J connectivity index is 0.00000288. The molecule has 2 aromatic rings. The summed E-state index contributed by atoms with van der Waals surface area (Å²) in [6, 6.07) is 3.61. The highest BCUT2D eigenvalue weighted by molar-refractivity contribution is 5.85. The molecule has 0 unspecified atom stereocenters. The van der Waals surface area contributed by atoms with E-state index >= 15 is 0 Å². The molecule has 0 aliphatic carbocycles. The second-order valence-electron chi connectivity index (χ2n) is 5.59. The first-order valence-corrected chi connectivity index (χ1v) is 7.85. The normalized spacial score (nSPS) is 10.5. The molecule has 9 heteroatoms. The summed E-state index contributed by atoms with van der Waals surface area (Å²) in [7, 11) is 0. The van der Waals surface area contributed by atoms with Crippen LogP contribution in [-0.2, 0) is 11.2 Å². The Labute approximate surface area is 160 Å². The number of nitrogens with two attached hydrogens (primary N) is 1. The summed E-state index contributed by atoms with van der Waals surface area (Å²) >= 11 is 0. The zero-order valence-corrected chi connectivity index (χ0v) is 16.0. The van der Waals surface area contributed by atoms with Crippen LogP contribution in [0.3, 0.4) is 0 Å². The highest BCUT2D eigenvalue weighted by atomic mass is 35.5. The fraction of sp³-hybridized carbons (Fsp3) is 0.500. The van der Waals surface area contributed by atoms with Gasteiger partial charge in [0, 0.05) is 42.9 Å². The second kappa shape index (κ2) is 11.0. The predicted molar refractivity (Wildman–Crippen MR) is 101 cm³/mol. The van der Waals surface area contributed by atoms with Gasteiger partial charge >= 0.3 is 0 Å². The molecule has 25 heavy (non-hydrogen) atoms. The Morgan fingerprint density at radius 1 is 1.24 bits per heavy atom. The number of carbonyl (C=O) groups excluding carboxylic acids is 1. The molecule has 0 radical (unpaired) electrons. The number of aromatic nitrogens is 3. The van der Waals surface area contributed by atoms with E-state index in [1.165, 1.54) is 0 Å². The molecule has 140 valence electrons. The first kappa shape index (κ1) is 23.3. The lowest BCUT2D eigenvalue weighted by molar-refractivity contribution is -0.121. The molecular formula is C16H25Cl2N5O2. The minimum Gasteiger partial charge on any atom is -0.354 e. The molecule has 0 bridgehead atoms. The SMILES string of the molecule is CCC(N)(CC)CNC(=O)CCc1nc(-c2ccncc2)no1.Cl.Cl. The maximum atomic E-state index is 11.9. The number of hydrogen-bond acceptors (Lipinski definition) is 6. The van der Waals surface area contributed by atoms with Gasteiger partial charge in [0.25, 0.3) is 0 Å². The van der Waals surface area contributed by atoms with E-state index in [9.17, 15) is 4.79 Å². The van der Waals surface area contributed by atoms with Gasteiger partial charge in [-0.15, -0.1) is 24.8 Å². The van der Waals surface area contributed by atoms with Crippen LogP contribution >= 0.6 is 24.8 Å². The number of halogens is 2. The first-order valence-electron chi connectivity index (χ1n) is 7.85. The van der Waals surface area contributed by atoms with Crippen LogP contribution in [0.2, 0.25) is 0 Å². The van der Waals surface area contributed by atoms with Gasteiger partial charge in [-0.25, -0.2) is 0 Å². The lowest BCUT2D eigenvalue weighted by Gasteiger charge is -2.26. The fourth-order valence-electron chi connectivity index (χ4n) is 2.06. The maximum Gasteiger partial charge on any atom is 0.227 e. The number of amides is 1. The monoisotopic (exact) mass is 389 g/mol. The van der Waals surface area contributed by atoms with Crippen molar-refractivity contribution in [1.29, 1.82) is 0 Å². The maximum absolute atomic E-state index is 11.9. The molecule has 7 nitrogen and oxygen atoms in total. The number of carbonyl (C=O) groups is 1. The van der Waals surface area contributed by atoms with Crippen LogP contribution in [-0.4, -0.2) is 33.1 Å². The number of nitrogens with one attached hydrogen (secondary N) is 1. The van der Waals surface area contributed by atoms with Gasteiger partial charge in [-0.1, -0.05) is 19.0 Å². The molecule has 0 aliphatic rings. The van der Waals surface area contributed by atoms with Crippen LogP contribution in [0.1, 0.15) is 39.0 Å². The van der Waals surface area contributed by atoms with Crippen LogP contribution in [0, 0.1) is 0 Å². The Morgan fingerprint density at radius 2 is 1.88 bits per heavy atom. The molecule has 0 atom stereocenters. The van der Waals surface area contributed by atoms with Crippen LogP contribution in [0.15, 0.2) is 29.0 Å². The van der Waals surface area contributed by atoms with Crippen LogP contribution in [0.25, 0.3) is 11.4 Å². The molecule has 0 spiro atoms. The lowest BCUT2D eigenvalue weighted by atomic mass is 9.94. The van der Waals surface area contributed by atoms with Crippen LogP contribution in [0.4, 0.5) is 0 Å². The third kappa shape index (κ3) is 6.97. The third-order valence-electron chi connectivity index (χ3n) is 4.02. The van der Waals surface area contributed by atoms with Gasteiger partial charge in [0.15, 0.2) is 0 Å². The molecule has 0 aliphatic heterocycles. The lowest BCUT2D eigenvalue weighted by Crippen LogP contribution is -2.49. The van der Waals surface area contributed by atoms with Crippen molar-refractivity contribution in [1.82, 2.24) is 20.4 Å². The molecular weight excluding hydrogens is 365 g/mol. The second-order valence-corrected chi connectivity index (χ2v) is 5.59. The zero-order valence-electron chi connectivity index (χ0n) is 14.4.